The lowest BCUT2D eigenvalue weighted by atomic mass is 10.2. The van der Waals surface area contributed by atoms with Crippen molar-refractivity contribution in [1.82, 2.24) is 5.32 Å². The first kappa shape index (κ1) is 21.2. The Morgan fingerprint density at radius 1 is 1.07 bits per heavy atom. The van der Waals surface area contributed by atoms with Crippen LogP contribution >= 0.6 is 23.8 Å². The minimum Gasteiger partial charge on any atom is -0.489 e. The van der Waals surface area contributed by atoms with E-state index in [-0.39, 0.29) is 21.5 Å². The molecule has 30 heavy (non-hydrogen) atoms. The maximum atomic E-state index is 12.4. The van der Waals surface area contributed by atoms with E-state index < -0.39 is 10.8 Å². The van der Waals surface area contributed by atoms with Crippen LogP contribution in [0.1, 0.15) is 15.9 Å². The summed E-state index contributed by atoms with van der Waals surface area (Å²) in [5.74, 6) is 0.183. The van der Waals surface area contributed by atoms with E-state index in [4.69, 9.17) is 28.6 Å². The number of nitrogens with zero attached hydrogens (tertiary/aromatic N) is 1. The van der Waals surface area contributed by atoms with E-state index in [0.29, 0.717) is 17.9 Å². The minimum atomic E-state index is -0.551. The summed E-state index contributed by atoms with van der Waals surface area (Å²) >= 11 is 11.1. The number of halogens is 1. The van der Waals surface area contributed by atoms with Gasteiger partial charge < -0.3 is 10.1 Å². The summed E-state index contributed by atoms with van der Waals surface area (Å²) in [6.07, 6.45) is 0. The first-order chi connectivity index (χ1) is 14.4. The van der Waals surface area contributed by atoms with Crippen LogP contribution in [0.15, 0.2) is 72.8 Å². The van der Waals surface area contributed by atoms with Gasteiger partial charge in [0.05, 0.1) is 15.6 Å². The van der Waals surface area contributed by atoms with Gasteiger partial charge >= 0.3 is 0 Å². The van der Waals surface area contributed by atoms with Gasteiger partial charge in [-0.05, 0) is 48.1 Å². The van der Waals surface area contributed by atoms with Crippen LogP contribution in [0.4, 0.5) is 11.4 Å². The Morgan fingerprint density at radius 3 is 2.43 bits per heavy atom. The molecule has 9 heteroatoms. The van der Waals surface area contributed by atoms with Crippen molar-refractivity contribution in [3.63, 3.8) is 0 Å². The Labute approximate surface area is 182 Å². The fraction of sp³-hybridized carbons (Fsp3) is 0.0476. The van der Waals surface area contributed by atoms with Crippen molar-refractivity contribution < 1.29 is 14.5 Å². The summed E-state index contributed by atoms with van der Waals surface area (Å²) in [4.78, 5) is 22.7. The number of carbonyl (C=O) groups is 1. The Morgan fingerprint density at radius 2 is 1.77 bits per heavy atom. The third-order valence-electron chi connectivity index (χ3n) is 4.00. The summed E-state index contributed by atoms with van der Waals surface area (Å²) in [7, 11) is 0. The maximum absolute atomic E-state index is 12.4. The van der Waals surface area contributed by atoms with Crippen molar-refractivity contribution in [2.24, 2.45) is 0 Å². The lowest BCUT2D eigenvalue weighted by Gasteiger charge is -2.11. The molecule has 0 aliphatic rings. The van der Waals surface area contributed by atoms with Gasteiger partial charge in [-0.15, -0.1) is 0 Å². The van der Waals surface area contributed by atoms with Crippen LogP contribution in [0.5, 0.6) is 5.75 Å². The predicted octanol–water partition coefficient (Wildman–Crippen LogP) is 4.95. The van der Waals surface area contributed by atoms with Crippen LogP contribution in [-0.4, -0.2) is 15.9 Å². The number of nitrogens with one attached hydrogen (secondary N) is 2. The number of amides is 1. The SMILES string of the molecule is O=C(NC(=S)Nc1cc([N+](=O)[O-])ccc1Cl)c1ccc(OCc2ccccc2)cc1. The van der Waals surface area contributed by atoms with Gasteiger partial charge in [0, 0.05) is 17.7 Å². The molecule has 0 heterocycles. The lowest BCUT2D eigenvalue weighted by molar-refractivity contribution is -0.384. The number of nitro benzene ring substituents is 1. The summed E-state index contributed by atoms with van der Waals surface area (Å²) < 4.78 is 5.69. The number of thiocarbonyl (C=S) groups is 1. The molecule has 3 aromatic rings. The molecule has 3 aromatic carbocycles. The van der Waals surface area contributed by atoms with Gasteiger partial charge in [0.15, 0.2) is 5.11 Å². The quantitative estimate of drug-likeness (QED) is 0.319. The largest absolute Gasteiger partial charge is 0.489 e. The van der Waals surface area contributed by atoms with Gasteiger partial charge in [0.25, 0.3) is 11.6 Å². The predicted molar refractivity (Wildman–Crippen MR) is 119 cm³/mol. The molecule has 7 nitrogen and oxygen atoms in total. The Kier molecular flexibility index (Phi) is 6.95. The molecule has 0 spiro atoms. The molecule has 0 aliphatic heterocycles. The van der Waals surface area contributed by atoms with Crippen molar-refractivity contribution >= 4 is 46.2 Å². The zero-order valence-electron chi connectivity index (χ0n) is 15.5. The van der Waals surface area contributed by atoms with E-state index in [0.717, 1.165) is 5.56 Å². The van der Waals surface area contributed by atoms with Crippen LogP contribution in [0.25, 0.3) is 0 Å². The van der Waals surface area contributed by atoms with Crippen LogP contribution in [0.2, 0.25) is 5.02 Å². The Hall–Kier alpha value is -3.49. The third-order valence-corrected chi connectivity index (χ3v) is 4.53. The average molecular weight is 442 g/mol. The second-order valence-corrected chi connectivity index (χ2v) is 6.94. The van der Waals surface area contributed by atoms with E-state index >= 15 is 0 Å². The normalized spacial score (nSPS) is 10.2. The van der Waals surface area contributed by atoms with E-state index in [1.807, 2.05) is 30.3 Å². The van der Waals surface area contributed by atoms with E-state index in [1.165, 1.54) is 18.2 Å². The van der Waals surface area contributed by atoms with Gasteiger partial charge in [-0.3, -0.25) is 20.2 Å². The highest BCUT2D eigenvalue weighted by molar-refractivity contribution is 7.80. The Bertz CT molecular complexity index is 1080. The van der Waals surface area contributed by atoms with Crippen LogP contribution in [0.3, 0.4) is 0 Å². The first-order valence-electron chi connectivity index (χ1n) is 8.75. The molecule has 0 fully saturated rings. The van der Waals surface area contributed by atoms with Crippen LogP contribution in [0, 0.1) is 10.1 Å². The monoisotopic (exact) mass is 441 g/mol. The number of non-ortho nitro benzene ring substituents is 1. The summed E-state index contributed by atoms with van der Waals surface area (Å²) in [6.45, 7) is 0.421. The van der Waals surface area contributed by atoms with Gasteiger partial charge in [0.2, 0.25) is 0 Å². The molecule has 0 aliphatic carbocycles. The highest BCUT2D eigenvalue weighted by Gasteiger charge is 2.13. The number of hydrogen-bond acceptors (Lipinski definition) is 5. The highest BCUT2D eigenvalue weighted by Crippen LogP contribution is 2.26. The molecule has 0 saturated carbocycles. The molecule has 0 aromatic heterocycles. The smallest absolute Gasteiger partial charge is 0.271 e. The summed E-state index contributed by atoms with van der Waals surface area (Å²) in [6, 6.07) is 20.2. The first-order valence-corrected chi connectivity index (χ1v) is 9.54. The van der Waals surface area contributed by atoms with E-state index in [2.05, 4.69) is 10.6 Å². The zero-order chi connectivity index (χ0) is 21.5. The maximum Gasteiger partial charge on any atom is 0.271 e. The van der Waals surface area contributed by atoms with Crippen LogP contribution < -0.4 is 15.4 Å². The van der Waals surface area contributed by atoms with Gasteiger partial charge in [-0.1, -0.05) is 41.9 Å². The molecule has 0 saturated heterocycles. The molecule has 2 N–H and O–H groups in total. The highest BCUT2D eigenvalue weighted by atomic mass is 35.5. The fourth-order valence-electron chi connectivity index (χ4n) is 2.49. The number of rotatable bonds is 6. The molecule has 1 amide bonds. The van der Waals surface area contributed by atoms with E-state index in [9.17, 15) is 14.9 Å². The number of nitro groups is 1. The molecule has 0 radical (unpaired) electrons. The number of hydrogen-bond donors (Lipinski definition) is 2. The molecule has 152 valence electrons. The molecule has 0 atom stereocenters. The Balaban J connectivity index is 1.57. The van der Waals surface area contributed by atoms with Crippen molar-refractivity contribution in [2.75, 3.05) is 5.32 Å². The molecule has 3 rings (SSSR count). The lowest BCUT2D eigenvalue weighted by Crippen LogP contribution is -2.34. The van der Waals surface area contributed by atoms with Gasteiger partial charge in [0.1, 0.15) is 12.4 Å². The van der Waals surface area contributed by atoms with Crippen LogP contribution in [-0.2, 0) is 6.61 Å². The average Bonchev–Trinajstić information content (AvgIpc) is 2.74. The third kappa shape index (κ3) is 5.76. The number of benzene rings is 3. The van der Waals surface area contributed by atoms with Crippen molar-refractivity contribution in [2.45, 2.75) is 6.61 Å². The topological polar surface area (TPSA) is 93.5 Å². The number of anilines is 1. The van der Waals surface area contributed by atoms with Crippen molar-refractivity contribution in [3.8, 4) is 5.75 Å². The van der Waals surface area contributed by atoms with Crippen molar-refractivity contribution in [3.05, 3.63) is 99.1 Å². The van der Waals surface area contributed by atoms with Crippen molar-refractivity contribution in [1.29, 1.82) is 0 Å². The molecule has 0 bridgehead atoms. The summed E-state index contributed by atoms with van der Waals surface area (Å²) in [5.41, 5.74) is 1.48. The second-order valence-electron chi connectivity index (χ2n) is 6.13. The standard InChI is InChI=1S/C21H16ClN3O4S/c22-18-11-8-16(25(27)28)12-19(18)23-21(30)24-20(26)15-6-9-17(10-7-15)29-13-14-4-2-1-3-5-14/h1-12H,13H2,(H2,23,24,26,30). The molecule has 0 unspecified atom stereocenters. The zero-order valence-corrected chi connectivity index (χ0v) is 17.1. The fourth-order valence-corrected chi connectivity index (χ4v) is 2.86. The molecular formula is C21H16ClN3O4S. The summed E-state index contributed by atoms with van der Waals surface area (Å²) in [5, 5.41) is 16.3. The van der Waals surface area contributed by atoms with Gasteiger partial charge in [-0.2, -0.15) is 0 Å². The van der Waals surface area contributed by atoms with E-state index in [1.54, 1.807) is 24.3 Å². The minimum absolute atomic E-state index is 0.0354. The van der Waals surface area contributed by atoms with Gasteiger partial charge in [-0.25, -0.2) is 0 Å². The number of ether oxygens (including phenoxy) is 1. The second kappa shape index (κ2) is 9.82. The number of carbonyl (C=O) groups excluding carboxylic acids is 1. The molecular weight excluding hydrogens is 426 g/mol.